The number of pyridine rings is 1. The highest BCUT2D eigenvalue weighted by molar-refractivity contribution is 7.80. The molecule has 1 aliphatic rings. The van der Waals surface area contributed by atoms with E-state index >= 15 is 0 Å². The molecule has 4 nitrogen and oxygen atoms in total. The molecule has 0 bridgehead atoms. The molecule has 3 rings (SSSR count). The topological polar surface area (TPSA) is 46.4 Å². The standard InChI is InChI=1S/C15H17N3OS/c1-16-14(20)15(7-3-2-4-12(15)19)11-5-6-13-17-8-9-18(13)10-11/h5-6,8-10H,2-4,7H2,1H3,(H,16,20). The number of thiocarbonyl (C=S) groups is 1. The molecule has 2 heterocycles. The van der Waals surface area contributed by atoms with Gasteiger partial charge >= 0.3 is 0 Å². The van der Waals surface area contributed by atoms with Crippen LogP contribution in [0.25, 0.3) is 5.65 Å². The van der Waals surface area contributed by atoms with E-state index in [0.717, 1.165) is 30.5 Å². The Kier molecular flexibility index (Phi) is 3.30. The molecule has 0 spiro atoms. The Morgan fingerprint density at radius 3 is 3.05 bits per heavy atom. The maximum absolute atomic E-state index is 12.6. The third kappa shape index (κ3) is 1.85. The van der Waals surface area contributed by atoms with Gasteiger partial charge in [0.05, 0.1) is 4.99 Å². The van der Waals surface area contributed by atoms with E-state index in [1.807, 2.05) is 28.9 Å². The number of aromatic nitrogens is 2. The van der Waals surface area contributed by atoms with Crippen LogP contribution in [0.5, 0.6) is 0 Å². The molecule has 1 fully saturated rings. The summed E-state index contributed by atoms with van der Waals surface area (Å²) in [5, 5.41) is 3.03. The molecule has 2 aromatic heterocycles. The fraction of sp³-hybridized carbons (Fsp3) is 0.400. The fourth-order valence-electron chi connectivity index (χ4n) is 3.09. The van der Waals surface area contributed by atoms with E-state index in [1.54, 1.807) is 13.2 Å². The lowest BCUT2D eigenvalue weighted by molar-refractivity contribution is -0.123. The van der Waals surface area contributed by atoms with Crippen LogP contribution in [0, 0.1) is 0 Å². The quantitative estimate of drug-likeness (QED) is 0.861. The maximum Gasteiger partial charge on any atom is 0.150 e. The molecular weight excluding hydrogens is 270 g/mol. The Hall–Kier alpha value is -1.75. The third-order valence-corrected chi connectivity index (χ3v) is 4.73. The van der Waals surface area contributed by atoms with Crippen LogP contribution in [0.4, 0.5) is 0 Å². The molecule has 1 atom stereocenters. The van der Waals surface area contributed by atoms with Gasteiger partial charge in [-0.1, -0.05) is 24.7 Å². The summed E-state index contributed by atoms with van der Waals surface area (Å²) in [6.45, 7) is 0. The number of carbonyl (C=O) groups is 1. The van der Waals surface area contributed by atoms with Crippen LogP contribution in [0.15, 0.2) is 30.7 Å². The lowest BCUT2D eigenvalue weighted by Gasteiger charge is -2.36. The molecule has 1 aliphatic carbocycles. The van der Waals surface area contributed by atoms with Crippen molar-refractivity contribution >= 4 is 28.6 Å². The van der Waals surface area contributed by atoms with E-state index in [2.05, 4.69) is 10.3 Å². The van der Waals surface area contributed by atoms with Crippen molar-refractivity contribution in [2.24, 2.45) is 0 Å². The van der Waals surface area contributed by atoms with Crippen molar-refractivity contribution in [3.63, 3.8) is 0 Å². The van der Waals surface area contributed by atoms with Crippen molar-refractivity contribution in [2.45, 2.75) is 31.1 Å². The molecule has 0 aliphatic heterocycles. The van der Waals surface area contributed by atoms with Crippen molar-refractivity contribution in [2.75, 3.05) is 7.05 Å². The van der Waals surface area contributed by atoms with Gasteiger partial charge in [-0.2, -0.15) is 0 Å². The SMILES string of the molecule is CNC(=S)C1(c2ccc3nccn3c2)CCCCC1=O. The zero-order chi connectivity index (χ0) is 14.2. The van der Waals surface area contributed by atoms with Crippen LogP contribution in [0.1, 0.15) is 31.2 Å². The number of hydrogen-bond donors (Lipinski definition) is 1. The van der Waals surface area contributed by atoms with Crippen LogP contribution in [-0.4, -0.2) is 27.2 Å². The summed E-state index contributed by atoms with van der Waals surface area (Å²) < 4.78 is 1.94. The number of rotatable bonds is 2. The Morgan fingerprint density at radius 1 is 1.45 bits per heavy atom. The number of carbonyl (C=O) groups excluding carboxylic acids is 1. The van der Waals surface area contributed by atoms with Crippen LogP contribution in [0.3, 0.4) is 0 Å². The highest BCUT2D eigenvalue weighted by atomic mass is 32.1. The number of fused-ring (bicyclic) bond motifs is 1. The first-order chi connectivity index (χ1) is 9.68. The summed E-state index contributed by atoms with van der Waals surface area (Å²) in [5.74, 6) is 0.225. The molecule has 1 N–H and O–H groups in total. The second-order valence-corrected chi connectivity index (χ2v) is 5.63. The monoisotopic (exact) mass is 287 g/mol. The summed E-state index contributed by atoms with van der Waals surface area (Å²) in [6, 6.07) is 3.92. The van der Waals surface area contributed by atoms with Gasteiger partial charge in [-0.3, -0.25) is 4.79 Å². The van der Waals surface area contributed by atoms with E-state index in [9.17, 15) is 4.79 Å². The second-order valence-electron chi connectivity index (χ2n) is 5.23. The summed E-state index contributed by atoms with van der Waals surface area (Å²) in [7, 11) is 1.79. The van der Waals surface area contributed by atoms with E-state index in [-0.39, 0.29) is 5.78 Å². The minimum Gasteiger partial charge on any atom is -0.382 e. The summed E-state index contributed by atoms with van der Waals surface area (Å²) >= 11 is 5.49. The number of nitrogens with zero attached hydrogens (tertiary/aromatic N) is 2. The predicted molar refractivity (Wildman–Crippen MR) is 82.0 cm³/mol. The molecule has 1 unspecified atom stereocenters. The number of imidazole rings is 1. The average Bonchev–Trinajstić information content (AvgIpc) is 2.94. The Morgan fingerprint density at radius 2 is 2.30 bits per heavy atom. The molecular formula is C15H17N3OS. The molecule has 5 heteroatoms. The average molecular weight is 287 g/mol. The number of nitrogens with one attached hydrogen (secondary N) is 1. The first-order valence-corrected chi connectivity index (χ1v) is 7.28. The minimum absolute atomic E-state index is 0.225. The minimum atomic E-state index is -0.666. The first-order valence-electron chi connectivity index (χ1n) is 6.87. The lowest BCUT2D eigenvalue weighted by Crippen LogP contribution is -2.49. The largest absolute Gasteiger partial charge is 0.382 e. The zero-order valence-corrected chi connectivity index (χ0v) is 12.2. The van der Waals surface area contributed by atoms with Gasteiger partial charge in [0.25, 0.3) is 0 Å². The van der Waals surface area contributed by atoms with Gasteiger partial charge in [0.15, 0.2) is 0 Å². The van der Waals surface area contributed by atoms with Crippen molar-refractivity contribution in [1.82, 2.24) is 14.7 Å². The molecule has 20 heavy (non-hydrogen) atoms. The van der Waals surface area contributed by atoms with Crippen LogP contribution in [0.2, 0.25) is 0 Å². The first kappa shape index (κ1) is 13.2. The highest BCUT2D eigenvalue weighted by Gasteiger charge is 2.45. The number of ketones is 1. The predicted octanol–water partition coefficient (Wildman–Crippen LogP) is 2.26. The van der Waals surface area contributed by atoms with Crippen molar-refractivity contribution in [1.29, 1.82) is 0 Å². The number of likely N-dealkylation sites (N-methyl/N-ethyl adjacent to an activating group) is 1. The maximum atomic E-state index is 12.6. The smallest absolute Gasteiger partial charge is 0.150 e. The third-order valence-electron chi connectivity index (χ3n) is 4.18. The summed E-state index contributed by atoms with van der Waals surface area (Å²) in [6.07, 6.45) is 8.99. The molecule has 1 saturated carbocycles. The van der Waals surface area contributed by atoms with E-state index in [4.69, 9.17) is 12.2 Å². The van der Waals surface area contributed by atoms with Gasteiger partial charge in [-0.25, -0.2) is 4.98 Å². The van der Waals surface area contributed by atoms with Gasteiger partial charge in [0.2, 0.25) is 0 Å². The Balaban J connectivity index is 2.17. The van der Waals surface area contributed by atoms with Crippen molar-refractivity contribution < 1.29 is 4.79 Å². The lowest BCUT2D eigenvalue weighted by atomic mass is 9.68. The van der Waals surface area contributed by atoms with Gasteiger partial charge in [-0.15, -0.1) is 0 Å². The molecule has 0 aromatic carbocycles. The molecule has 0 amide bonds. The van der Waals surface area contributed by atoms with Crippen molar-refractivity contribution in [3.8, 4) is 0 Å². The van der Waals surface area contributed by atoms with E-state index in [1.165, 1.54) is 0 Å². The van der Waals surface area contributed by atoms with E-state index < -0.39 is 5.41 Å². The summed E-state index contributed by atoms with van der Waals surface area (Å²) in [5.41, 5.74) is 1.18. The van der Waals surface area contributed by atoms with Crippen LogP contribution in [-0.2, 0) is 10.2 Å². The molecule has 0 radical (unpaired) electrons. The highest BCUT2D eigenvalue weighted by Crippen LogP contribution is 2.37. The Labute approximate surface area is 123 Å². The number of Topliss-reactive ketones (excluding diaryl/α,β-unsaturated/α-hetero) is 1. The second kappa shape index (κ2) is 4.98. The Bertz CT molecular complexity index is 669. The zero-order valence-electron chi connectivity index (χ0n) is 11.4. The molecule has 2 aromatic rings. The number of hydrogen-bond acceptors (Lipinski definition) is 3. The summed E-state index contributed by atoms with van der Waals surface area (Å²) in [4.78, 5) is 17.5. The molecule has 104 valence electrons. The normalized spacial score (nSPS) is 22.9. The van der Waals surface area contributed by atoms with Gasteiger partial charge < -0.3 is 9.72 Å². The van der Waals surface area contributed by atoms with Crippen LogP contribution < -0.4 is 5.32 Å². The fourth-order valence-corrected chi connectivity index (χ4v) is 3.42. The van der Waals surface area contributed by atoms with Crippen LogP contribution >= 0.6 is 12.2 Å². The molecule has 0 saturated heterocycles. The van der Waals surface area contributed by atoms with Gasteiger partial charge in [-0.05, 0) is 24.5 Å². The van der Waals surface area contributed by atoms with Crippen molar-refractivity contribution in [3.05, 3.63) is 36.3 Å². The van der Waals surface area contributed by atoms with Gasteiger partial charge in [0, 0.05) is 32.1 Å². The van der Waals surface area contributed by atoms with Gasteiger partial charge in [0.1, 0.15) is 16.8 Å². The van der Waals surface area contributed by atoms with E-state index in [0.29, 0.717) is 11.4 Å².